The van der Waals surface area contributed by atoms with E-state index in [1.54, 1.807) is 0 Å². The van der Waals surface area contributed by atoms with Crippen molar-refractivity contribution in [3.05, 3.63) is 53.6 Å². The van der Waals surface area contributed by atoms with Crippen molar-refractivity contribution in [3.8, 4) is 0 Å². The number of nitrogens with zero attached hydrogens (tertiary/aromatic N) is 5. The summed E-state index contributed by atoms with van der Waals surface area (Å²) in [5, 5.41) is 11.9. The normalized spacial score (nSPS) is 14.9. The maximum Gasteiger partial charge on any atom is 0.194 e. The van der Waals surface area contributed by atoms with E-state index in [-0.39, 0.29) is 0 Å². The van der Waals surface area contributed by atoms with Gasteiger partial charge in [-0.1, -0.05) is 36.4 Å². The fourth-order valence-electron chi connectivity index (χ4n) is 3.19. The Morgan fingerprint density at radius 3 is 2.71 bits per heavy atom. The largest absolute Gasteiger partial charge is 0.356 e. The lowest BCUT2D eigenvalue weighted by Crippen LogP contribution is -2.44. The van der Waals surface area contributed by atoms with E-state index in [0.29, 0.717) is 6.54 Å². The van der Waals surface area contributed by atoms with Gasteiger partial charge in [0.2, 0.25) is 0 Å². The van der Waals surface area contributed by atoms with Crippen LogP contribution < -0.4 is 5.32 Å². The minimum atomic E-state index is 0.536. The van der Waals surface area contributed by atoms with Crippen LogP contribution in [0.2, 0.25) is 0 Å². The molecule has 1 N–H and O–H groups in total. The molecule has 0 bridgehead atoms. The molecular formula is C21H30N6S. The van der Waals surface area contributed by atoms with Crippen LogP contribution in [-0.4, -0.2) is 57.3 Å². The van der Waals surface area contributed by atoms with Crippen LogP contribution in [0.5, 0.6) is 0 Å². The first kappa shape index (κ1) is 20.5. The fourth-order valence-corrected chi connectivity index (χ4v) is 3.63. The van der Waals surface area contributed by atoms with Crippen molar-refractivity contribution in [1.82, 2.24) is 25.0 Å². The molecule has 2 aromatic rings. The van der Waals surface area contributed by atoms with Crippen LogP contribution in [0.1, 0.15) is 30.1 Å². The predicted octanol–water partition coefficient (Wildman–Crippen LogP) is 3.11. The molecule has 1 aliphatic rings. The number of benzene rings is 1. The van der Waals surface area contributed by atoms with Crippen LogP contribution in [0.15, 0.2) is 41.4 Å². The van der Waals surface area contributed by atoms with Crippen LogP contribution in [0.4, 0.5) is 0 Å². The zero-order valence-electron chi connectivity index (χ0n) is 17.1. The smallest absolute Gasteiger partial charge is 0.194 e. The first-order valence-electron chi connectivity index (χ1n) is 9.80. The van der Waals surface area contributed by atoms with Gasteiger partial charge in [-0.25, -0.2) is 4.99 Å². The molecular weight excluding hydrogens is 368 g/mol. The summed E-state index contributed by atoms with van der Waals surface area (Å²) in [6, 6.07) is 10.6. The maximum atomic E-state index is 4.86. The molecule has 1 aromatic heterocycles. The number of aliphatic imine (C=N–C) groups is 1. The summed E-state index contributed by atoms with van der Waals surface area (Å²) < 4.78 is 2.00. The molecule has 1 aliphatic heterocycles. The van der Waals surface area contributed by atoms with Gasteiger partial charge in [-0.3, -0.25) is 0 Å². The van der Waals surface area contributed by atoms with Crippen LogP contribution in [-0.2, 0) is 13.6 Å². The molecule has 2 heterocycles. The predicted molar refractivity (Wildman–Crippen MR) is 118 cm³/mol. The SMILES string of the molecule is CSCCCNC(=NCc1nnc(C)n1C)N1CC=C(c2ccccc2)CC1. The number of hydrogen-bond donors (Lipinski definition) is 1. The average Bonchev–Trinajstić information content (AvgIpc) is 3.06. The van der Waals surface area contributed by atoms with E-state index in [1.807, 2.05) is 30.3 Å². The molecule has 0 unspecified atom stereocenters. The highest BCUT2D eigenvalue weighted by Gasteiger charge is 2.17. The van der Waals surface area contributed by atoms with Gasteiger partial charge in [-0.2, -0.15) is 11.8 Å². The molecule has 7 heteroatoms. The van der Waals surface area contributed by atoms with Gasteiger partial charge >= 0.3 is 0 Å². The quantitative estimate of drug-likeness (QED) is 0.441. The zero-order valence-corrected chi connectivity index (χ0v) is 17.9. The van der Waals surface area contributed by atoms with Crippen molar-refractivity contribution >= 4 is 23.3 Å². The molecule has 28 heavy (non-hydrogen) atoms. The highest BCUT2D eigenvalue weighted by atomic mass is 32.2. The number of guanidine groups is 1. The molecule has 3 rings (SSSR count). The van der Waals surface area contributed by atoms with Crippen molar-refractivity contribution in [2.75, 3.05) is 31.6 Å². The van der Waals surface area contributed by atoms with E-state index in [0.717, 1.165) is 55.8 Å². The maximum absolute atomic E-state index is 4.86. The Bertz CT molecular complexity index is 812. The summed E-state index contributed by atoms with van der Waals surface area (Å²) in [5.74, 6) is 3.91. The second-order valence-corrected chi connectivity index (χ2v) is 7.91. The zero-order chi connectivity index (χ0) is 19.8. The number of rotatable bonds is 7. The van der Waals surface area contributed by atoms with Crippen molar-refractivity contribution in [3.63, 3.8) is 0 Å². The summed E-state index contributed by atoms with van der Waals surface area (Å²) in [4.78, 5) is 7.19. The molecule has 0 radical (unpaired) electrons. The fraction of sp³-hybridized carbons (Fsp3) is 0.476. The topological polar surface area (TPSA) is 58.3 Å². The molecule has 150 valence electrons. The molecule has 0 saturated heterocycles. The Morgan fingerprint density at radius 1 is 1.25 bits per heavy atom. The van der Waals surface area contributed by atoms with Gasteiger partial charge in [0.05, 0.1) is 0 Å². The van der Waals surface area contributed by atoms with Crippen molar-refractivity contribution in [2.24, 2.45) is 12.0 Å². The van der Waals surface area contributed by atoms with E-state index in [2.05, 4.69) is 63.1 Å². The average molecular weight is 399 g/mol. The van der Waals surface area contributed by atoms with Crippen LogP contribution in [0.3, 0.4) is 0 Å². The van der Waals surface area contributed by atoms with E-state index in [9.17, 15) is 0 Å². The van der Waals surface area contributed by atoms with Gasteiger partial charge in [-0.15, -0.1) is 10.2 Å². The Morgan fingerprint density at radius 2 is 2.07 bits per heavy atom. The third-order valence-corrected chi connectivity index (χ3v) is 5.71. The summed E-state index contributed by atoms with van der Waals surface area (Å²) >= 11 is 1.88. The number of hydrogen-bond acceptors (Lipinski definition) is 4. The molecule has 1 aromatic carbocycles. The van der Waals surface area contributed by atoms with Gasteiger partial charge < -0.3 is 14.8 Å². The lowest BCUT2D eigenvalue weighted by molar-refractivity contribution is 0.438. The monoisotopic (exact) mass is 398 g/mol. The number of thioether (sulfide) groups is 1. The third kappa shape index (κ3) is 5.38. The molecule has 0 amide bonds. The van der Waals surface area contributed by atoms with E-state index in [1.165, 1.54) is 11.1 Å². The van der Waals surface area contributed by atoms with E-state index < -0.39 is 0 Å². The minimum absolute atomic E-state index is 0.536. The number of aryl methyl sites for hydroxylation is 1. The lowest BCUT2D eigenvalue weighted by atomic mass is 10.00. The lowest BCUT2D eigenvalue weighted by Gasteiger charge is -2.30. The van der Waals surface area contributed by atoms with Gasteiger partial charge in [-0.05, 0) is 42.9 Å². The number of aromatic nitrogens is 3. The standard InChI is InChI=1S/C21H30N6S/c1-17-24-25-20(26(17)2)16-23-21(22-12-7-15-28-3)27-13-10-19(11-14-27)18-8-5-4-6-9-18/h4-6,8-10H,7,11-16H2,1-3H3,(H,22,23). The molecule has 0 aliphatic carbocycles. The summed E-state index contributed by atoms with van der Waals surface area (Å²) in [5.41, 5.74) is 2.74. The molecule has 6 nitrogen and oxygen atoms in total. The van der Waals surface area contributed by atoms with Gasteiger partial charge in [0.25, 0.3) is 0 Å². The number of nitrogens with one attached hydrogen (secondary N) is 1. The molecule has 0 atom stereocenters. The van der Waals surface area contributed by atoms with Crippen molar-refractivity contribution < 1.29 is 0 Å². The summed E-state index contributed by atoms with van der Waals surface area (Å²) in [6.45, 7) is 5.27. The van der Waals surface area contributed by atoms with Crippen molar-refractivity contribution in [1.29, 1.82) is 0 Å². The molecule has 0 fully saturated rings. The third-order valence-electron chi connectivity index (χ3n) is 5.01. The van der Waals surface area contributed by atoms with Gasteiger partial charge in [0.15, 0.2) is 11.8 Å². The second kappa shape index (κ2) is 10.3. The molecule has 0 spiro atoms. The van der Waals surface area contributed by atoms with Gasteiger partial charge in [0.1, 0.15) is 12.4 Å². The van der Waals surface area contributed by atoms with Crippen LogP contribution in [0, 0.1) is 6.92 Å². The first-order valence-corrected chi connectivity index (χ1v) is 11.2. The Balaban J connectivity index is 1.69. The minimum Gasteiger partial charge on any atom is -0.356 e. The Kier molecular flexibility index (Phi) is 7.54. The first-order chi connectivity index (χ1) is 13.7. The Labute approximate surface area is 172 Å². The highest BCUT2D eigenvalue weighted by molar-refractivity contribution is 7.98. The van der Waals surface area contributed by atoms with Crippen LogP contribution in [0.25, 0.3) is 5.57 Å². The second-order valence-electron chi connectivity index (χ2n) is 6.93. The summed E-state index contributed by atoms with van der Waals surface area (Å²) in [6.07, 6.45) is 6.62. The van der Waals surface area contributed by atoms with Gasteiger partial charge in [0, 0.05) is 26.7 Å². The van der Waals surface area contributed by atoms with E-state index in [4.69, 9.17) is 4.99 Å². The molecule has 0 saturated carbocycles. The van der Waals surface area contributed by atoms with E-state index >= 15 is 0 Å². The Hall–Kier alpha value is -2.28. The highest BCUT2D eigenvalue weighted by Crippen LogP contribution is 2.22. The van der Waals surface area contributed by atoms with Crippen LogP contribution >= 0.6 is 11.8 Å². The summed E-state index contributed by atoms with van der Waals surface area (Å²) in [7, 11) is 1.99. The van der Waals surface area contributed by atoms with Crippen molar-refractivity contribution in [2.45, 2.75) is 26.3 Å².